The minimum Gasteiger partial charge on any atom is -0.384 e. The predicted molar refractivity (Wildman–Crippen MR) is 62.5 cm³/mol. The van der Waals surface area contributed by atoms with Gasteiger partial charge in [-0.25, -0.2) is 0 Å². The summed E-state index contributed by atoms with van der Waals surface area (Å²) >= 11 is 7.59. The molecule has 1 heterocycles. The van der Waals surface area contributed by atoms with Crippen molar-refractivity contribution in [3.63, 3.8) is 0 Å². The first-order valence-electron chi connectivity index (χ1n) is 5.14. The van der Waals surface area contributed by atoms with Crippen LogP contribution in [0.2, 0.25) is 5.02 Å². The topological polar surface area (TPSA) is 29.5 Å². The van der Waals surface area contributed by atoms with Gasteiger partial charge in [0, 0.05) is 13.5 Å². The first-order valence-corrected chi connectivity index (χ1v) is 6.40. The van der Waals surface area contributed by atoms with E-state index in [4.69, 9.17) is 16.3 Å². The summed E-state index contributed by atoms with van der Waals surface area (Å²) in [5.74, 6) is 0. The molecule has 1 aromatic heterocycles. The summed E-state index contributed by atoms with van der Waals surface area (Å²) in [5.41, 5.74) is -0.774. The molecule has 2 atom stereocenters. The Morgan fingerprint density at radius 3 is 3.07 bits per heavy atom. The largest absolute Gasteiger partial charge is 0.384 e. The molecule has 84 valence electrons. The molecule has 4 heteroatoms. The zero-order valence-corrected chi connectivity index (χ0v) is 10.3. The summed E-state index contributed by atoms with van der Waals surface area (Å²) in [5, 5.41) is 13.2. The molecule has 0 amide bonds. The molecule has 1 N–H and O–H groups in total. The molecule has 1 fully saturated rings. The highest BCUT2D eigenvalue weighted by Crippen LogP contribution is 2.43. The van der Waals surface area contributed by atoms with Gasteiger partial charge < -0.3 is 9.84 Å². The van der Waals surface area contributed by atoms with Crippen LogP contribution in [0.1, 0.15) is 30.6 Å². The molecule has 0 bridgehead atoms. The number of halogens is 1. The van der Waals surface area contributed by atoms with E-state index in [2.05, 4.69) is 0 Å². The number of hydrogen-bond donors (Lipinski definition) is 1. The van der Waals surface area contributed by atoms with Crippen LogP contribution in [0.4, 0.5) is 0 Å². The molecule has 2 rings (SSSR count). The highest BCUT2D eigenvalue weighted by Gasteiger charge is 2.38. The third-order valence-electron chi connectivity index (χ3n) is 3.05. The molecule has 1 saturated carbocycles. The van der Waals surface area contributed by atoms with E-state index in [1.165, 1.54) is 11.3 Å². The van der Waals surface area contributed by atoms with Crippen molar-refractivity contribution in [2.45, 2.75) is 37.4 Å². The zero-order chi connectivity index (χ0) is 10.9. The molecule has 0 aliphatic heterocycles. The third kappa shape index (κ3) is 2.21. The van der Waals surface area contributed by atoms with E-state index < -0.39 is 5.60 Å². The number of rotatable bonds is 2. The quantitative estimate of drug-likeness (QED) is 0.869. The third-order valence-corrected chi connectivity index (χ3v) is 4.59. The van der Waals surface area contributed by atoms with Crippen LogP contribution in [-0.2, 0) is 10.3 Å². The van der Waals surface area contributed by atoms with Gasteiger partial charge in [0.05, 0.1) is 16.0 Å². The standard InChI is InChI=1S/C11H15ClO2S/c1-14-8-3-2-5-11(13,7-8)10-9(12)4-6-15-10/h4,6,8,13H,2-3,5,7H2,1H3. The van der Waals surface area contributed by atoms with Crippen LogP contribution >= 0.6 is 22.9 Å². The summed E-state index contributed by atoms with van der Waals surface area (Å²) in [4.78, 5) is 0.894. The van der Waals surface area contributed by atoms with Crippen molar-refractivity contribution >= 4 is 22.9 Å². The summed E-state index contributed by atoms with van der Waals surface area (Å²) in [6.45, 7) is 0. The van der Waals surface area contributed by atoms with Crippen LogP contribution in [-0.4, -0.2) is 18.3 Å². The number of thiophene rings is 1. The van der Waals surface area contributed by atoms with E-state index in [-0.39, 0.29) is 6.10 Å². The lowest BCUT2D eigenvalue weighted by Gasteiger charge is -2.35. The maximum Gasteiger partial charge on any atom is 0.103 e. The highest BCUT2D eigenvalue weighted by atomic mass is 35.5. The van der Waals surface area contributed by atoms with Crippen molar-refractivity contribution in [1.82, 2.24) is 0 Å². The fourth-order valence-electron chi connectivity index (χ4n) is 2.24. The molecule has 1 aliphatic rings. The lowest BCUT2D eigenvalue weighted by Crippen LogP contribution is -2.35. The Hall–Kier alpha value is -0.0900. The van der Waals surface area contributed by atoms with Crippen LogP contribution < -0.4 is 0 Å². The molecule has 0 spiro atoms. The number of methoxy groups -OCH3 is 1. The Morgan fingerprint density at radius 1 is 1.67 bits per heavy atom. The Morgan fingerprint density at radius 2 is 2.47 bits per heavy atom. The van der Waals surface area contributed by atoms with Crippen LogP contribution in [0.3, 0.4) is 0 Å². The second-order valence-electron chi connectivity index (χ2n) is 4.08. The summed E-state index contributed by atoms with van der Waals surface area (Å²) in [6.07, 6.45) is 3.61. The molecule has 1 aliphatic carbocycles. The molecular formula is C11H15ClO2S. The monoisotopic (exact) mass is 246 g/mol. The van der Waals surface area contributed by atoms with E-state index >= 15 is 0 Å². The van der Waals surface area contributed by atoms with Gasteiger partial charge in [0.2, 0.25) is 0 Å². The first kappa shape index (κ1) is 11.4. The van der Waals surface area contributed by atoms with Gasteiger partial charge in [-0.2, -0.15) is 0 Å². The maximum absolute atomic E-state index is 10.6. The minimum absolute atomic E-state index is 0.155. The Kier molecular flexibility index (Phi) is 3.36. The van der Waals surface area contributed by atoms with E-state index in [9.17, 15) is 5.11 Å². The number of ether oxygens (including phenoxy) is 1. The van der Waals surface area contributed by atoms with Crippen LogP contribution in [0.5, 0.6) is 0 Å². The summed E-state index contributed by atoms with van der Waals surface area (Å²) in [7, 11) is 1.70. The molecule has 15 heavy (non-hydrogen) atoms. The van der Waals surface area contributed by atoms with Gasteiger partial charge in [0.15, 0.2) is 0 Å². The first-order chi connectivity index (χ1) is 7.15. The fraction of sp³-hybridized carbons (Fsp3) is 0.636. The molecule has 0 radical (unpaired) electrons. The van der Waals surface area contributed by atoms with Crippen molar-refractivity contribution in [2.75, 3.05) is 7.11 Å². The molecule has 2 unspecified atom stereocenters. The van der Waals surface area contributed by atoms with Crippen molar-refractivity contribution in [2.24, 2.45) is 0 Å². The van der Waals surface area contributed by atoms with Gasteiger partial charge in [-0.15, -0.1) is 11.3 Å². The SMILES string of the molecule is COC1CCCC(O)(c2sccc2Cl)C1. The lowest BCUT2D eigenvalue weighted by atomic mass is 9.82. The predicted octanol–water partition coefficient (Wildman–Crippen LogP) is 3.18. The summed E-state index contributed by atoms with van der Waals surface area (Å²) in [6, 6.07) is 1.84. The van der Waals surface area contributed by atoms with E-state index in [1.807, 2.05) is 11.4 Å². The Balaban J connectivity index is 2.22. The van der Waals surface area contributed by atoms with Gasteiger partial charge in [-0.05, 0) is 30.7 Å². The maximum atomic E-state index is 10.6. The smallest absolute Gasteiger partial charge is 0.103 e. The normalized spacial score (nSPS) is 31.8. The molecular weight excluding hydrogens is 232 g/mol. The average Bonchev–Trinajstić information content (AvgIpc) is 2.65. The summed E-state index contributed by atoms with van der Waals surface area (Å²) < 4.78 is 5.33. The van der Waals surface area contributed by atoms with Crippen molar-refractivity contribution in [3.05, 3.63) is 21.3 Å². The van der Waals surface area contributed by atoms with Gasteiger partial charge in [0.1, 0.15) is 5.60 Å². The van der Waals surface area contributed by atoms with E-state index in [1.54, 1.807) is 7.11 Å². The van der Waals surface area contributed by atoms with Gasteiger partial charge in [0.25, 0.3) is 0 Å². The van der Waals surface area contributed by atoms with Crippen LogP contribution in [0, 0.1) is 0 Å². The van der Waals surface area contributed by atoms with Gasteiger partial charge in [-0.3, -0.25) is 0 Å². The molecule has 0 saturated heterocycles. The van der Waals surface area contributed by atoms with Crippen molar-refractivity contribution < 1.29 is 9.84 Å². The molecule has 2 nitrogen and oxygen atoms in total. The Labute approximate surface area is 98.8 Å². The average molecular weight is 247 g/mol. The molecule has 1 aromatic rings. The highest BCUT2D eigenvalue weighted by molar-refractivity contribution is 7.10. The second kappa shape index (κ2) is 4.42. The Bertz CT molecular complexity index is 339. The number of hydrogen-bond acceptors (Lipinski definition) is 3. The minimum atomic E-state index is -0.774. The van der Waals surface area contributed by atoms with E-state index in [0.717, 1.165) is 24.1 Å². The second-order valence-corrected chi connectivity index (χ2v) is 5.41. The van der Waals surface area contributed by atoms with Crippen LogP contribution in [0.25, 0.3) is 0 Å². The molecule has 0 aromatic carbocycles. The lowest BCUT2D eigenvalue weighted by molar-refractivity contribution is -0.0608. The van der Waals surface area contributed by atoms with Gasteiger partial charge >= 0.3 is 0 Å². The zero-order valence-electron chi connectivity index (χ0n) is 8.70. The number of aliphatic hydroxyl groups is 1. The van der Waals surface area contributed by atoms with Crippen molar-refractivity contribution in [3.8, 4) is 0 Å². The van der Waals surface area contributed by atoms with Crippen molar-refractivity contribution in [1.29, 1.82) is 0 Å². The van der Waals surface area contributed by atoms with E-state index in [0.29, 0.717) is 11.4 Å². The van der Waals surface area contributed by atoms with Gasteiger partial charge in [-0.1, -0.05) is 11.6 Å². The van der Waals surface area contributed by atoms with Crippen LogP contribution in [0.15, 0.2) is 11.4 Å². The fourth-order valence-corrected chi connectivity index (χ4v) is 3.61.